The number of carboxylic acids is 1. The Hall–Kier alpha value is -0.610. The second-order valence-electron chi connectivity index (χ2n) is 5.20. The van der Waals surface area contributed by atoms with Crippen molar-refractivity contribution in [3.63, 3.8) is 0 Å². The molecular weight excluding hydrogens is 216 g/mol. The van der Waals surface area contributed by atoms with Crippen LogP contribution < -0.4 is 10.6 Å². The average Bonchev–Trinajstić information content (AvgIpc) is 2.31. The van der Waals surface area contributed by atoms with Gasteiger partial charge in [0.05, 0.1) is 0 Å². The molecule has 1 aliphatic rings. The SMILES string of the molecule is CCNCCCNC1(C(=O)O)CCC(C)CC1. The third-order valence-electron chi connectivity index (χ3n) is 3.78. The van der Waals surface area contributed by atoms with Crippen molar-refractivity contribution in [1.29, 1.82) is 0 Å². The topological polar surface area (TPSA) is 61.4 Å². The molecule has 0 radical (unpaired) electrons. The van der Waals surface area contributed by atoms with E-state index in [-0.39, 0.29) is 0 Å². The molecule has 4 heteroatoms. The summed E-state index contributed by atoms with van der Waals surface area (Å²) >= 11 is 0. The normalized spacial score (nSPS) is 29.2. The van der Waals surface area contributed by atoms with Crippen LogP contribution in [0.3, 0.4) is 0 Å². The Labute approximate surface area is 104 Å². The minimum absolute atomic E-state index is 0.654. The van der Waals surface area contributed by atoms with E-state index >= 15 is 0 Å². The maximum absolute atomic E-state index is 11.4. The van der Waals surface area contributed by atoms with Crippen LogP contribution in [0.4, 0.5) is 0 Å². The molecule has 0 spiro atoms. The molecule has 0 amide bonds. The standard InChI is InChI=1S/C13H26N2O2/c1-3-14-9-4-10-15-13(12(16)17)7-5-11(2)6-8-13/h11,14-15H,3-10H2,1-2H3,(H,16,17). The van der Waals surface area contributed by atoms with E-state index in [4.69, 9.17) is 0 Å². The number of hydrogen-bond acceptors (Lipinski definition) is 3. The zero-order chi connectivity index (χ0) is 12.7. The lowest BCUT2D eigenvalue weighted by Crippen LogP contribution is -2.54. The Balaban J connectivity index is 2.35. The lowest BCUT2D eigenvalue weighted by Gasteiger charge is -2.36. The van der Waals surface area contributed by atoms with Crippen LogP contribution in [-0.4, -0.2) is 36.2 Å². The molecule has 1 saturated carbocycles. The summed E-state index contributed by atoms with van der Waals surface area (Å²) in [7, 11) is 0. The van der Waals surface area contributed by atoms with Crippen molar-refractivity contribution in [2.45, 2.75) is 51.5 Å². The maximum Gasteiger partial charge on any atom is 0.323 e. The van der Waals surface area contributed by atoms with Crippen LogP contribution in [0.1, 0.15) is 46.0 Å². The van der Waals surface area contributed by atoms with Crippen LogP contribution in [0.5, 0.6) is 0 Å². The Kier molecular flexibility index (Phi) is 5.92. The highest BCUT2D eigenvalue weighted by molar-refractivity contribution is 5.78. The monoisotopic (exact) mass is 242 g/mol. The number of rotatable bonds is 7. The van der Waals surface area contributed by atoms with Crippen LogP contribution >= 0.6 is 0 Å². The Morgan fingerprint density at radius 2 is 2.00 bits per heavy atom. The molecule has 0 aromatic carbocycles. The van der Waals surface area contributed by atoms with Gasteiger partial charge in [0.1, 0.15) is 5.54 Å². The molecule has 0 aromatic rings. The fraction of sp³-hybridized carbons (Fsp3) is 0.923. The fourth-order valence-electron chi connectivity index (χ4n) is 2.44. The molecule has 3 N–H and O–H groups in total. The highest BCUT2D eigenvalue weighted by Crippen LogP contribution is 2.32. The molecule has 1 aliphatic carbocycles. The van der Waals surface area contributed by atoms with Gasteiger partial charge in [-0.1, -0.05) is 13.8 Å². The van der Waals surface area contributed by atoms with Crippen molar-refractivity contribution < 1.29 is 9.90 Å². The Morgan fingerprint density at radius 1 is 1.35 bits per heavy atom. The van der Waals surface area contributed by atoms with Crippen LogP contribution in [0.15, 0.2) is 0 Å². The average molecular weight is 242 g/mol. The molecule has 0 saturated heterocycles. The summed E-state index contributed by atoms with van der Waals surface area (Å²) in [5, 5.41) is 15.9. The van der Waals surface area contributed by atoms with E-state index in [2.05, 4.69) is 24.5 Å². The smallest absolute Gasteiger partial charge is 0.323 e. The minimum atomic E-state index is -0.673. The first kappa shape index (κ1) is 14.5. The summed E-state index contributed by atoms with van der Waals surface area (Å²) < 4.78 is 0. The van der Waals surface area contributed by atoms with Crippen LogP contribution in [0.25, 0.3) is 0 Å². The second kappa shape index (κ2) is 6.97. The summed E-state index contributed by atoms with van der Waals surface area (Å²) in [5.41, 5.74) is -0.654. The van der Waals surface area contributed by atoms with Gasteiger partial charge in [-0.25, -0.2) is 0 Å². The van der Waals surface area contributed by atoms with Crippen molar-refractivity contribution >= 4 is 5.97 Å². The van der Waals surface area contributed by atoms with Gasteiger partial charge in [-0.2, -0.15) is 0 Å². The van der Waals surface area contributed by atoms with Crippen molar-refractivity contribution in [3.05, 3.63) is 0 Å². The predicted octanol–water partition coefficient (Wildman–Crippen LogP) is 1.61. The third kappa shape index (κ3) is 4.28. The highest BCUT2D eigenvalue weighted by atomic mass is 16.4. The lowest BCUT2D eigenvalue weighted by molar-refractivity contribution is -0.146. The largest absolute Gasteiger partial charge is 0.480 e. The molecule has 0 aliphatic heterocycles. The lowest BCUT2D eigenvalue weighted by atomic mass is 9.77. The molecule has 0 aromatic heterocycles. The van der Waals surface area contributed by atoms with Gasteiger partial charge in [0, 0.05) is 0 Å². The third-order valence-corrected chi connectivity index (χ3v) is 3.78. The van der Waals surface area contributed by atoms with Crippen molar-refractivity contribution in [2.75, 3.05) is 19.6 Å². The van der Waals surface area contributed by atoms with Gasteiger partial charge >= 0.3 is 5.97 Å². The van der Waals surface area contributed by atoms with Gasteiger partial charge < -0.3 is 15.7 Å². The molecule has 1 fully saturated rings. The highest BCUT2D eigenvalue weighted by Gasteiger charge is 2.40. The summed E-state index contributed by atoms with van der Waals surface area (Å²) in [6, 6.07) is 0. The number of carbonyl (C=O) groups is 1. The maximum atomic E-state index is 11.4. The molecular formula is C13H26N2O2. The van der Waals surface area contributed by atoms with E-state index in [1.807, 2.05) is 0 Å². The van der Waals surface area contributed by atoms with E-state index in [1.165, 1.54) is 0 Å². The second-order valence-corrected chi connectivity index (χ2v) is 5.20. The first-order valence-corrected chi connectivity index (χ1v) is 6.80. The molecule has 1 rings (SSSR count). The predicted molar refractivity (Wildman–Crippen MR) is 69.2 cm³/mol. The molecule has 0 bridgehead atoms. The molecule has 0 atom stereocenters. The molecule has 0 unspecified atom stereocenters. The van der Waals surface area contributed by atoms with E-state index in [9.17, 15) is 9.90 Å². The minimum Gasteiger partial charge on any atom is -0.480 e. The first-order chi connectivity index (χ1) is 8.10. The van der Waals surface area contributed by atoms with Crippen molar-refractivity contribution in [2.24, 2.45) is 5.92 Å². The summed E-state index contributed by atoms with van der Waals surface area (Å²) in [5.74, 6) is -0.00103. The van der Waals surface area contributed by atoms with Gasteiger partial charge in [-0.3, -0.25) is 4.79 Å². The van der Waals surface area contributed by atoms with Crippen molar-refractivity contribution in [1.82, 2.24) is 10.6 Å². The Bertz CT molecular complexity index is 236. The molecule has 100 valence electrons. The zero-order valence-corrected chi connectivity index (χ0v) is 11.1. The van der Waals surface area contributed by atoms with Crippen LogP contribution in [0.2, 0.25) is 0 Å². The number of hydrogen-bond donors (Lipinski definition) is 3. The summed E-state index contributed by atoms with van der Waals surface area (Å²) in [6.07, 6.45) is 4.56. The summed E-state index contributed by atoms with van der Waals surface area (Å²) in [4.78, 5) is 11.4. The van der Waals surface area contributed by atoms with Crippen LogP contribution in [0, 0.1) is 5.92 Å². The fourth-order valence-corrected chi connectivity index (χ4v) is 2.44. The molecule has 4 nitrogen and oxygen atoms in total. The van der Waals surface area contributed by atoms with Crippen molar-refractivity contribution in [3.8, 4) is 0 Å². The van der Waals surface area contributed by atoms with E-state index < -0.39 is 11.5 Å². The van der Waals surface area contributed by atoms with E-state index in [0.29, 0.717) is 5.92 Å². The van der Waals surface area contributed by atoms with Crippen LogP contribution in [-0.2, 0) is 4.79 Å². The summed E-state index contributed by atoms with van der Waals surface area (Å²) in [6.45, 7) is 7.00. The van der Waals surface area contributed by atoms with E-state index in [0.717, 1.165) is 51.7 Å². The van der Waals surface area contributed by atoms with Gasteiger partial charge in [0.15, 0.2) is 0 Å². The molecule has 17 heavy (non-hydrogen) atoms. The quantitative estimate of drug-likeness (QED) is 0.594. The van der Waals surface area contributed by atoms with E-state index in [1.54, 1.807) is 0 Å². The Morgan fingerprint density at radius 3 is 2.53 bits per heavy atom. The molecule has 0 heterocycles. The number of carboxylic acid groups (broad SMARTS) is 1. The van der Waals surface area contributed by atoms with Gasteiger partial charge in [0.2, 0.25) is 0 Å². The zero-order valence-electron chi connectivity index (χ0n) is 11.1. The number of nitrogens with one attached hydrogen (secondary N) is 2. The van der Waals surface area contributed by atoms with Gasteiger partial charge in [-0.15, -0.1) is 0 Å². The number of aliphatic carboxylic acids is 1. The van der Waals surface area contributed by atoms with Gasteiger partial charge in [-0.05, 0) is 57.7 Å². The first-order valence-electron chi connectivity index (χ1n) is 6.80. The van der Waals surface area contributed by atoms with Gasteiger partial charge in [0.25, 0.3) is 0 Å².